The summed E-state index contributed by atoms with van der Waals surface area (Å²) in [4.78, 5) is 5.82. The lowest BCUT2D eigenvalue weighted by atomic mass is 9.93. The first-order valence-electron chi connectivity index (χ1n) is 6.06. The van der Waals surface area contributed by atoms with Crippen LogP contribution < -0.4 is 0 Å². The topological polar surface area (TPSA) is 6.48 Å². The van der Waals surface area contributed by atoms with E-state index < -0.39 is 0 Å². The molecule has 0 saturated carbocycles. The first-order chi connectivity index (χ1) is 6.99. The molecule has 0 aromatic heterocycles. The van der Waals surface area contributed by atoms with Gasteiger partial charge in [0, 0.05) is 30.5 Å². The normalized spacial score (nSPS) is 37.6. The fourth-order valence-corrected chi connectivity index (χ4v) is 3.42. The SMILES string of the molecule is CN1CCCC1CN1CC(Br)C(C)(C)C1. The molecule has 2 rings (SSSR count). The van der Waals surface area contributed by atoms with Crippen molar-refractivity contribution in [3.8, 4) is 0 Å². The number of alkyl halides is 1. The number of hydrogen-bond donors (Lipinski definition) is 0. The summed E-state index contributed by atoms with van der Waals surface area (Å²) >= 11 is 3.81. The van der Waals surface area contributed by atoms with Gasteiger partial charge in [-0.2, -0.15) is 0 Å². The maximum Gasteiger partial charge on any atom is 0.0336 e. The molecule has 0 radical (unpaired) electrons. The fourth-order valence-electron chi connectivity index (χ4n) is 2.86. The van der Waals surface area contributed by atoms with E-state index >= 15 is 0 Å². The second-order valence-electron chi connectivity index (χ2n) is 5.93. The Morgan fingerprint density at radius 2 is 2.13 bits per heavy atom. The van der Waals surface area contributed by atoms with Gasteiger partial charge in [-0.1, -0.05) is 29.8 Å². The van der Waals surface area contributed by atoms with Crippen molar-refractivity contribution < 1.29 is 0 Å². The summed E-state index contributed by atoms with van der Waals surface area (Å²) in [5.41, 5.74) is 0.442. The molecule has 0 bridgehead atoms. The highest BCUT2D eigenvalue weighted by Crippen LogP contribution is 2.35. The van der Waals surface area contributed by atoms with Crippen LogP contribution in [0.4, 0.5) is 0 Å². The van der Waals surface area contributed by atoms with E-state index in [9.17, 15) is 0 Å². The van der Waals surface area contributed by atoms with E-state index in [1.165, 1.54) is 39.0 Å². The number of likely N-dealkylation sites (tertiary alicyclic amines) is 2. The number of rotatable bonds is 2. The third kappa shape index (κ3) is 2.56. The summed E-state index contributed by atoms with van der Waals surface area (Å²) in [6, 6.07) is 0.804. The van der Waals surface area contributed by atoms with Crippen LogP contribution in [-0.4, -0.2) is 53.9 Å². The van der Waals surface area contributed by atoms with Crippen LogP contribution in [0.5, 0.6) is 0 Å². The maximum absolute atomic E-state index is 3.81. The van der Waals surface area contributed by atoms with Crippen molar-refractivity contribution in [2.24, 2.45) is 5.41 Å². The number of hydrogen-bond acceptors (Lipinski definition) is 2. The van der Waals surface area contributed by atoms with Crippen LogP contribution in [0.25, 0.3) is 0 Å². The highest BCUT2D eigenvalue weighted by Gasteiger charge is 2.38. The van der Waals surface area contributed by atoms with Gasteiger partial charge in [0.05, 0.1) is 0 Å². The minimum atomic E-state index is 0.442. The number of halogens is 1. The van der Waals surface area contributed by atoms with Gasteiger partial charge in [0.25, 0.3) is 0 Å². The van der Waals surface area contributed by atoms with Crippen LogP contribution in [0.15, 0.2) is 0 Å². The molecule has 2 saturated heterocycles. The van der Waals surface area contributed by atoms with Gasteiger partial charge in [-0.25, -0.2) is 0 Å². The van der Waals surface area contributed by atoms with Gasteiger partial charge in [-0.15, -0.1) is 0 Å². The van der Waals surface area contributed by atoms with Gasteiger partial charge in [0.1, 0.15) is 0 Å². The predicted octanol–water partition coefficient (Wildman–Crippen LogP) is 2.19. The fraction of sp³-hybridized carbons (Fsp3) is 1.00. The van der Waals surface area contributed by atoms with Crippen LogP contribution in [0.2, 0.25) is 0 Å². The molecule has 0 aliphatic carbocycles. The molecule has 15 heavy (non-hydrogen) atoms. The molecule has 2 atom stereocenters. The lowest BCUT2D eigenvalue weighted by Crippen LogP contribution is -2.38. The van der Waals surface area contributed by atoms with Crippen LogP contribution in [0.1, 0.15) is 26.7 Å². The Balaban J connectivity index is 1.86. The van der Waals surface area contributed by atoms with Crippen molar-refractivity contribution in [2.75, 3.05) is 33.2 Å². The zero-order chi connectivity index (χ0) is 11.1. The van der Waals surface area contributed by atoms with E-state index in [1.807, 2.05) is 0 Å². The first-order valence-corrected chi connectivity index (χ1v) is 6.97. The molecular formula is C12H23BrN2. The number of nitrogens with zero attached hydrogens (tertiary/aromatic N) is 2. The summed E-state index contributed by atoms with van der Waals surface area (Å²) < 4.78 is 0. The Labute approximate surface area is 102 Å². The number of likely N-dealkylation sites (N-methyl/N-ethyl adjacent to an activating group) is 1. The molecule has 2 unspecified atom stereocenters. The molecule has 0 N–H and O–H groups in total. The van der Waals surface area contributed by atoms with Crippen molar-refractivity contribution in [2.45, 2.75) is 37.6 Å². The van der Waals surface area contributed by atoms with Gasteiger partial charge in [0.15, 0.2) is 0 Å². The van der Waals surface area contributed by atoms with E-state index in [0.717, 1.165) is 6.04 Å². The quantitative estimate of drug-likeness (QED) is 0.713. The molecular weight excluding hydrogens is 252 g/mol. The molecule has 0 spiro atoms. The van der Waals surface area contributed by atoms with Crippen molar-refractivity contribution in [3.05, 3.63) is 0 Å². The third-order valence-corrected chi connectivity index (χ3v) is 5.57. The smallest absolute Gasteiger partial charge is 0.0336 e. The average molecular weight is 275 g/mol. The summed E-state index contributed by atoms with van der Waals surface area (Å²) in [6.07, 6.45) is 2.77. The lowest BCUT2D eigenvalue weighted by molar-refractivity contribution is 0.206. The molecule has 2 aliphatic heterocycles. The zero-order valence-electron chi connectivity index (χ0n) is 10.2. The summed E-state index contributed by atoms with van der Waals surface area (Å²) in [6.45, 7) is 9.75. The van der Waals surface area contributed by atoms with Gasteiger partial charge in [-0.05, 0) is 31.8 Å². The summed E-state index contributed by atoms with van der Waals surface area (Å²) in [7, 11) is 2.27. The van der Waals surface area contributed by atoms with E-state index in [4.69, 9.17) is 0 Å². The second kappa shape index (κ2) is 4.34. The monoisotopic (exact) mass is 274 g/mol. The largest absolute Gasteiger partial charge is 0.302 e. The molecule has 0 amide bonds. The molecule has 2 aliphatic rings. The molecule has 0 aromatic carbocycles. The van der Waals surface area contributed by atoms with E-state index in [0.29, 0.717) is 10.2 Å². The van der Waals surface area contributed by atoms with Crippen molar-refractivity contribution in [1.82, 2.24) is 9.80 Å². The van der Waals surface area contributed by atoms with E-state index in [-0.39, 0.29) is 0 Å². The minimum Gasteiger partial charge on any atom is -0.302 e. The zero-order valence-corrected chi connectivity index (χ0v) is 11.8. The van der Waals surface area contributed by atoms with Gasteiger partial charge < -0.3 is 9.80 Å². The van der Waals surface area contributed by atoms with E-state index in [1.54, 1.807) is 0 Å². The maximum atomic E-state index is 3.81. The average Bonchev–Trinajstić information content (AvgIpc) is 2.60. The molecule has 88 valence electrons. The molecule has 2 nitrogen and oxygen atoms in total. The summed E-state index contributed by atoms with van der Waals surface area (Å²) in [5.74, 6) is 0. The van der Waals surface area contributed by atoms with Gasteiger partial charge in [-0.3, -0.25) is 0 Å². The molecule has 0 aromatic rings. The predicted molar refractivity (Wildman–Crippen MR) is 68.6 cm³/mol. The molecule has 2 heterocycles. The Morgan fingerprint density at radius 3 is 2.60 bits per heavy atom. The van der Waals surface area contributed by atoms with Crippen LogP contribution >= 0.6 is 15.9 Å². The molecule has 3 heteroatoms. The second-order valence-corrected chi connectivity index (χ2v) is 7.03. The third-order valence-electron chi connectivity index (χ3n) is 4.04. The Morgan fingerprint density at radius 1 is 1.40 bits per heavy atom. The minimum absolute atomic E-state index is 0.442. The standard InChI is InChI=1S/C12H23BrN2/c1-12(2)9-15(8-11(12)13)7-10-5-4-6-14(10)3/h10-11H,4-9H2,1-3H3. The summed E-state index contributed by atoms with van der Waals surface area (Å²) in [5, 5.41) is 0. The van der Waals surface area contributed by atoms with Crippen LogP contribution in [0.3, 0.4) is 0 Å². The van der Waals surface area contributed by atoms with Crippen molar-refractivity contribution in [3.63, 3.8) is 0 Å². The van der Waals surface area contributed by atoms with Crippen LogP contribution in [0, 0.1) is 5.41 Å². The van der Waals surface area contributed by atoms with Crippen molar-refractivity contribution >= 4 is 15.9 Å². The highest BCUT2D eigenvalue weighted by atomic mass is 79.9. The van der Waals surface area contributed by atoms with Crippen LogP contribution in [-0.2, 0) is 0 Å². The van der Waals surface area contributed by atoms with Gasteiger partial charge in [0.2, 0.25) is 0 Å². The first kappa shape index (κ1) is 11.9. The highest BCUT2D eigenvalue weighted by molar-refractivity contribution is 9.09. The Bertz CT molecular complexity index is 230. The molecule has 2 fully saturated rings. The van der Waals surface area contributed by atoms with Gasteiger partial charge >= 0.3 is 0 Å². The van der Waals surface area contributed by atoms with E-state index in [2.05, 4.69) is 46.6 Å². The lowest BCUT2D eigenvalue weighted by Gasteiger charge is -2.26. The Hall–Kier alpha value is 0.400. The van der Waals surface area contributed by atoms with Crippen molar-refractivity contribution in [1.29, 1.82) is 0 Å². The Kier molecular flexibility index (Phi) is 3.44.